The van der Waals surface area contributed by atoms with Gasteiger partial charge in [-0.2, -0.15) is 14.6 Å². The van der Waals surface area contributed by atoms with Gasteiger partial charge in [-0.25, -0.2) is 4.98 Å². The van der Waals surface area contributed by atoms with E-state index in [0.29, 0.717) is 51.5 Å². The maximum Gasteiger partial charge on any atom is 0.254 e. The molecule has 2 aliphatic rings. The lowest BCUT2D eigenvalue weighted by Gasteiger charge is -2.42. The molecule has 26 heavy (non-hydrogen) atoms. The van der Waals surface area contributed by atoms with Crippen molar-refractivity contribution < 1.29 is 9.53 Å². The lowest BCUT2D eigenvalue weighted by molar-refractivity contribution is -0.147. The Balaban J connectivity index is 1.48. The quantitative estimate of drug-likeness (QED) is 0.812. The lowest BCUT2D eigenvalue weighted by Crippen LogP contribution is -2.56. The number of nitrogens with zero attached hydrogens (tertiary/aromatic N) is 6. The van der Waals surface area contributed by atoms with E-state index in [-0.39, 0.29) is 5.91 Å². The van der Waals surface area contributed by atoms with Gasteiger partial charge in [-0.05, 0) is 19.8 Å². The smallest absolute Gasteiger partial charge is 0.254 e. The Morgan fingerprint density at radius 1 is 1.27 bits per heavy atom. The van der Waals surface area contributed by atoms with Gasteiger partial charge in [0.25, 0.3) is 5.78 Å². The molecule has 2 aromatic rings. The van der Waals surface area contributed by atoms with Crippen molar-refractivity contribution in [1.29, 1.82) is 0 Å². The minimum Gasteiger partial charge on any atom is -0.381 e. The van der Waals surface area contributed by atoms with Crippen molar-refractivity contribution >= 4 is 17.5 Å². The van der Waals surface area contributed by atoms with Crippen LogP contribution in [0.25, 0.3) is 5.78 Å². The molecule has 2 fully saturated rings. The topological polar surface area (TPSA) is 102 Å². The fraction of sp³-hybridized carbons (Fsp3) is 0.647. The van der Waals surface area contributed by atoms with Crippen molar-refractivity contribution in [3.05, 3.63) is 18.1 Å². The van der Waals surface area contributed by atoms with Gasteiger partial charge in [0.1, 0.15) is 12.1 Å². The predicted molar refractivity (Wildman–Crippen MR) is 95.9 cm³/mol. The molecule has 9 nitrogen and oxygen atoms in total. The van der Waals surface area contributed by atoms with Crippen LogP contribution in [0, 0.1) is 12.3 Å². The zero-order chi connectivity index (χ0) is 18.1. The normalized spacial score (nSPS) is 20.5. The van der Waals surface area contributed by atoms with Gasteiger partial charge in [0.2, 0.25) is 5.91 Å². The molecule has 0 unspecified atom stereocenters. The van der Waals surface area contributed by atoms with Gasteiger partial charge in [0.15, 0.2) is 0 Å². The minimum absolute atomic E-state index is 0.180. The number of carbonyl (C=O) groups is 1. The Bertz CT molecular complexity index is 792. The van der Waals surface area contributed by atoms with E-state index in [1.807, 2.05) is 17.9 Å². The van der Waals surface area contributed by atoms with Crippen LogP contribution in [0.1, 0.15) is 18.5 Å². The Labute approximate surface area is 152 Å². The summed E-state index contributed by atoms with van der Waals surface area (Å²) in [5.74, 6) is 1.75. The number of rotatable bonds is 3. The summed E-state index contributed by atoms with van der Waals surface area (Å²) in [6.45, 7) is 6.43. The minimum atomic E-state index is -0.452. The van der Waals surface area contributed by atoms with E-state index in [2.05, 4.69) is 20.0 Å². The third-order valence-corrected chi connectivity index (χ3v) is 5.55. The van der Waals surface area contributed by atoms with Gasteiger partial charge in [-0.1, -0.05) is 0 Å². The number of aromatic nitrogens is 4. The Hall–Kier alpha value is -2.26. The summed E-state index contributed by atoms with van der Waals surface area (Å²) in [5, 5.41) is 4.28. The maximum atomic E-state index is 13.1. The van der Waals surface area contributed by atoms with Gasteiger partial charge >= 0.3 is 0 Å². The largest absolute Gasteiger partial charge is 0.381 e. The van der Waals surface area contributed by atoms with Crippen molar-refractivity contribution in [2.75, 3.05) is 50.8 Å². The second-order valence-corrected chi connectivity index (χ2v) is 7.10. The Morgan fingerprint density at radius 2 is 2.00 bits per heavy atom. The van der Waals surface area contributed by atoms with Gasteiger partial charge in [-0.15, -0.1) is 0 Å². The number of amides is 1. The molecule has 0 bridgehead atoms. The molecule has 2 aliphatic heterocycles. The molecule has 2 N–H and O–H groups in total. The summed E-state index contributed by atoms with van der Waals surface area (Å²) in [5.41, 5.74) is 6.45. The van der Waals surface area contributed by atoms with E-state index < -0.39 is 5.41 Å². The van der Waals surface area contributed by atoms with E-state index in [4.69, 9.17) is 10.5 Å². The molecule has 9 heteroatoms. The highest BCUT2D eigenvalue weighted by molar-refractivity contribution is 5.83. The molecule has 140 valence electrons. The molecular formula is C17H25N7O2. The molecule has 0 spiro atoms. The number of fused-ring (bicyclic) bond motifs is 1. The molecule has 0 radical (unpaired) electrons. The maximum absolute atomic E-state index is 13.1. The number of nitrogens with two attached hydrogens (primary N) is 1. The molecule has 1 amide bonds. The molecule has 2 aromatic heterocycles. The Kier molecular flexibility index (Phi) is 4.49. The first kappa shape index (κ1) is 17.2. The third-order valence-electron chi connectivity index (χ3n) is 5.55. The number of carbonyl (C=O) groups excluding carboxylic acids is 1. The van der Waals surface area contributed by atoms with Crippen LogP contribution in [0.4, 0.5) is 5.82 Å². The highest BCUT2D eigenvalue weighted by Crippen LogP contribution is 2.32. The first-order valence-electron chi connectivity index (χ1n) is 9.12. The number of piperazine rings is 1. The van der Waals surface area contributed by atoms with E-state index in [9.17, 15) is 4.79 Å². The molecule has 0 atom stereocenters. The van der Waals surface area contributed by atoms with Gasteiger partial charge in [-0.3, -0.25) is 4.79 Å². The average molecular weight is 359 g/mol. The van der Waals surface area contributed by atoms with Crippen LogP contribution in [0.5, 0.6) is 0 Å². The number of hydrogen-bond acceptors (Lipinski definition) is 7. The van der Waals surface area contributed by atoms with Gasteiger partial charge in [0, 0.05) is 57.7 Å². The first-order valence-corrected chi connectivity index (χ1v) is 9.12. The van der Waals surface area contributed by atoms with Gasteiger partial charge < -0.3 is 20.3 Å². The molecule has 2 saturated heterocycles. The zero-order valence-electron chi connectivity index (χ0n) is 15.1. The second kappa shape index (κ2) is 6.81. The zero-order valence-corrected chi connectivity index (χ0v) is 15.1. The van der Waals surface area contributed by atoms with Crippen LogP contribution in [-0.4, -0.2) is 76.3 Å². The molecular weight excluding hydrogens is 334 g/mol. The van der Waals surface area contributed by atoms with Crippen LogP contribution in [0.3, 0.4) is 0 Å². The predicted octanol–water partition coefficient (Wildman–Crippen LogP) is -0.163. The molecule has 0 aromatic carbocycles. The summed E-state index contributed by atoms with van der Waals surface area (Å²) in [6, 6.07) is 2.01. The number of anilines is 1. The average Bonchev–Trinajstić information content (AvgIpc) is 3.15. The molecule has 4 rings (SSSR count). The van der Waals surface area contributed by atoms with Crippen molar-refractivity contribution in [2.45, 2.75) is 19.8 Å². The van der Waals surface area contributed by atoms with Crippen molar-refractivity contribution in [1.82, 2.24) is 24.5 Å². The second-order valence-electron chi connectivity index (χ2n) is 7.10. The number of hydrogen-bond donors (Lipinski definition) is 1. The van der Waals surface area contributed by atoms with Crippen LogP contribution in [-0.2, 0) is 9.53 Å². The molecule has 0 saturated carbocycles. The fourth-order valence-corrected chi connectivity index (χ4v) is 3.88. The van der Waals surface area contributed by atoms with E-state index in [1.54, 1.807) is 4.52 Å². The van der Waals surface area contributed by atoms with E-state index >= 15 is 0 Å². The number of aryl methyl sites for hydroxylation is 1. The monoisotopic (exact) mass is 359 g/mol. The van der Waals surface area contributed by atoms with Gasteiger partial charge in [0.05, 0.1) is 5.41 Å². The summed E-state index contributed by atoms with van der Waals surface area (Å²) in [6.07, 6.45) is 2.94. The first-order chi connectivity index (χ1) is 12.6. The van der Waals surface area contributed by atoms with Crippen molar-refractivity contribution in [3.8, 4) is 0 Å². The summed E-state index contributed by atoms with van der Waals surface area (Å²) >= 11 is 0. The molecule has 4 heterocycles. The number of ether oxygens (including phenoxy) is 1. The van der Waals surface area contributed by atoms with E-state index in [1.165, 1.54) is 6.33 Å². The summed E-state index contributed by atoms with van der Waals surface area (Å²) in [7, 11) is 0. The summed E-state index contributed by atoms with van der Waals surface area (Å²) < 4.78 is 7.18. The van der Waals surface area contributed by atoms with Crippen LogP contribution < -0.4 is 10.6 Å². The highest BCUT2D eigenvalue weighted by Gasteiger charge is 2.42. The SMILES string of the molecule is Cc1cc(N2CCN(C(=O)C3(CN)CCOCC3)CC2)n2ncnc2n1. The lowest BCUT2D eigenvalue weighted by atomic mass is 9.78. The van der Waals surface area contributed by atoms with E-state index in [0.717, 1.165) is 24.6 Å². The van der Waals surface area contributed by atoms with Crippen LogP contribution >= 0.6 is 0 Å². The van der Waals surface area contributed by atoms with Crippen LogP contribution in [0.2, 0.25) is 0 Å². The molecule has 0 aliphatic carbocycles. The highest BCUT2D eigenvalue weighted by atomic mass is 16.5. The summed E-state index contributed by atoms with van der Waals surface area (Å²) in [4.78, 5) is 25.9. The van der Waals surface area contributed by atoms with Crippen molar-refractivity contribution in [2.24, 2.45) is 11.1 Å². The standard InChI is InChI=1S/C17H25N7O2/c1-13-10-14(24-16(21-13)19-12-20-24)22-4-6-23(7-5-22)15(25)17(11-18)2-8-26-9-3-17/h10,12H,2-9,11,18H2,1H3. The third kappa shape index (κ3) is 2.90. The van der Waals surface area contributed by atoms with Crippen LogP contribution in [0.15, 0.2) is 12.4 Å². The van der Waals surface area contributed by atoms with Crippen molar-refractivity contribution in [3.63, 3.8) is 0 Å². The fourth-order valence-electron chi connectivity index (χ4n) is 3.88. The Morgan fingerprint density at radius 3 is 2.69 bits per heavy atom.